The molecule has 1 aromatic heterocycles. The zero-order valence-corrected chi connectivity index (χ0v) is 8.88. The van der Waals surface area contributed by atoms with E-state index >= 15 is 0 Å². The summed E-state index contributed by atoms with van der Waals surface area (Å²) < 4.78 is 26.9. The topological polar surface area (TPSA) is 64.3 Å². The molecule has 0 aliphatic rings. The molecule has 0 spiro atoms. The van der Waals surface area contributed by atoms with Crippen LogP contribution < -0.4 is 5.63 Å². The molecule has 1 aromatic carbocycles. The second kappa shape index (κ2) is 3.36. The van der Waals surface area contributed by atoms with E-state index in [1.165, 1.54) is 30.3 Å². The highest BCUT2D eigenvalue weighted by molar-refractivity contribution is 8.13. The van der Waals surface area contributed by atoms with E-state index in [0.29, 0.717) is 11.0 Å². The molecule has 15 heavy (non-hydrogen) atoms. The van der Waals surface area contributed by atoms with Crippen LogP contribution in [0, 0.1) is 0 Å². The van der Waals surface area contributed by atoms with Gasteiger partial charge in [0.05, 0.1) is 4.90 Å². The van der Waals surface area contributed by atoms with Crippen LogP contribution in [0.4, 0.5) is 0 Å². The molecule has 0 radical (unpaired) electrons. The maximum atomic E-state index is 11.0. The molecule has 1 heterocycles. The Labute approximate surface area is 89.5 Å². The molecule has 0 unspecified atom stereocenters. The lowest BCUT2D eigenvalue weighted by Gasteiger charge is -1.98. The molecular formula is C9H5ClO4S. The Hall–Kier alpha value is -1.33. The highest BCUT2D eigenvalue weighted by Crippen LogP contribution is 2.20. The van der Waals surface area contributed by atoms with Crippen LogP contribution in [0.15, 0.2) is 44.4 Å². The first-order valence-corrected chi connectivity index (χ1v) is 6.26. The van der Waals surface area contributed by atoms with Crippen LogP contribution in [0.5, 0.6) is 0 Å². The van der Waals surface area contributed by atoms with Gasteiger partial charge in [-0.2, -0.15) is 0 Å². The number of halogens is 1. The summed E-state index contributed by atoms with van der Waals surface area (Å²) in [6.45, 7) is 0. The molecule has 4 nitrogen and oxygen atoms in total. The minimum Gasteiger partial charge on any atom is -0.423 e. The van der Waals surface area contributed by atoms with Crippen molar-refractivity contribution in [2.75, 3.05) is 0 Å². The third-order valence-electron chi connectivity index (χ3n) is 1.87. The van der Waals surface area contributed by atoms with Crippen LogP contribution >= 0.6 is 10.7 Å². The predicted molar refractivity (Wildman–Crippen MR) is 55.5 cm³/mol. The molecule has 0 fully saturated rings. The lowest BCUT2D eigenvalue weighted by atomic mass is 10.2. The van der Waals surface area contributed by atoms with Crippen LogP contribution in [0.3, 0.4) is 0 Å². The molecule has 0 saturated carbocycles. The monoisotopic (exact) mass is 244 g/mol. The summed E-state index contributed by atoms with van der Waals surface area (Å²) in [5.74, 6) is 0. The van der Waals surface area contributed by atoms with E-state index < -0.39 is 14.7 Å². The van der Waals surface area contributed by atoms with Crippen molar-refractivity contribution in [3.8, 4) is 0 Å². The van der Waals surface area contributed by atoms with Gasteiger partial charge in [0.2, 0.25) is 0 Å². The first-order valence-electron chi connectivity index (χ1n) is 3.95. The van der Waals surface area contributed by atoms with Crippen LogP contribution in [0.1, 0.15) is 0 Å². The van der Waals surface area contributed by atoms with Crippen molar-refractivity contribution in [3.05, 3.63) is 40.8 Å². The van der Waals surface area contributed by atoms with Crippen molar-refractivity contribution in [2.45, 2.75) is 4.90 Å². The van der Waals surface area contributed by atoms with E-state index in [0.717, 1.165) is 0 Å². The first kappa shape index (κ1) is 10.2. The molecule has 78 valence electrons. The smallest absolute Gasteiger partial charge is 0.336 e. The highest BCUT2D eigenvalue weighted by Gasteiger charge is 2.10. The normalized spacial score (nSPS) is 11.8. The second-order valence-corrected chi connectivity index (χ2v) is 5.46. The summed E-state index contributed by atoms with van der Waals surface area (Å²) in [6, 6.07) is 6.72. The second-order valence-electron chi connectivity index (χ2n) is 2.89. The number of hydrogen-bond donors (Lipinski definition) is 0. The Morgan fingerprint density at radius 3 is 2.53 bits per heavy atom. The van der Waals surface area contributed by atoms with Crippen LogP contribution in [0.25, 0.3) is 11.0 Å². The summed E-state index contributed by atoms with van der Waals surface area (Å²) in [4.78, 5) is 10.8. The molecule has 6 heteroatoms. The average Bonchev–Trinajstić information content (AvgIpc) is 2.15. The van der Waals surface area contributed by atoms with E-state index in [1.54, 1.807) is 0 Å². The Kier molecular flexibility index (Phi) is 2.28. The Bertz CT molecular complexity index is 672. The predicted octanol–water partition coefficient (Wildman–Crippen LogP) is 1.72. The maximum Gasteiger partial charge on any atom is 0.336 e. The minimum atomic E-state index is -3.75. The quantitative estimate of drug-likeness (QED) is 0.566. The van der Waals surface area contributed by atoms with E-state index in [2.05, 4.69) is 0 Å². The fourth-order valence-corrected chi connectivity index (χ4v) is 1.99. The molecule has 2 rings (SSSR count). The summed E-state index contributed by atoms with van der Waals surface area (Å²) in [5, 5.41) is 0.510. The van der Waals surface area contributed by atoms with Gasteiger partial charge in [-0.15, -0.1) is 0 Å². The van der Waals surface area contributed by atoms with Gasteiger partial charge in [0.15, 0.2) is 0 Å². The van der Waals surface area contributed by atoms with Crippen LogP contribution in [-0.2, 0) is 9.05 Å². The fraction of sp³-hybridized carbons (Fsp3) is 0. The van der Waals surface area contributed by atoms with Crippen molar-refractivity contribution >= 4 is 30.7 Å². The van der Waals surface area contributed by atoms with Gasteiger partial charge >= 0.3 is 5.63 Å². The molecule has 0 amide bonds. The molecule has 0 aliphatic carbocycles. The molecule has 0 N–H and O–H groups in total. The summed E-state index contributed by atoms with van der Waals surface area (Å²) >= 11 is 0. The molecule has 0 saturated heterocycles. The van der Waals surface area contributed by atoms with E-state index in [9.17, 15) is 13.2 Å². The van der Waals surface area contributed by atoms with Crippen LogP contribution in [0.2, 0.25) is 0 Å². The molecular weight excluding hydrogens is 240 g/mol. The largest absolute Gasteiger partial charge is 0.423 e. The van der Waals surface area contributed by atoms with Gasteiger partial charge < -0.3 is 4.42 Å². The van der Waals surface area contributed by atoms with Gasteiger partial charge in [0, 0.05) is 22.1 Å². The number of fused-ring (bicyclic) bond motifs is 1. The third-order valence-corrected chi connectivity index (χ3v) is 3.22. The van der Waals surface area contributed by atoms with Crippen molar-refractivity contribution in [2.24, 2.45) is 0 Å². The molecule has 0 aliphatic heterocycles. The molecule has 0 bridgehead atoms. The van der Waals surface area contributed by atoms with Gasteiger partial charge in [-0.05, 0) is 24.3 Å². The van der Waals surface area contributed by atoms with E-state index in [-0.39, 0.29) is 4.90 Å². The van der Waals surface area contributed by atoms with Gasteiger partial charge in [-0.25, -0.2) is 13.2 Å². The number of rotatable bonds is 1. The zero-order chi connectivity index (χ0) is 11.1. The number of hydrogen-bond acceptors (Lipinski definition) is 4. The van der Waals surface area contributed by atoms with Crippen molar-refractivity contribution in [1.29, 1.82) is 0 Å². The van der Waals surface area contributed by atoms with Crippen molar-refractivity contribution in [1.82, 2.24) is 0 Å². The van der Waals surface area contributed by atoms with Crippen LogP contribution in [-0.4, -0.2) is 8.42 Å². The standard InChI is InChI=1S/C9H5ClO4S/c10-15(12,13)7-2-3-8-6(5-7)1-4-9(11)14-8/h1-5H. The van der Waals surface area contributed by atoms with Gasteiger partial charge in [-0.1, -0.05) is 0 Å². The van der Waals surface area contributed by atoms with Crippen molar-refractivity contribution < 1.29 is 12.8 Å². The first-order chi connectivity index (χ1) is 6.97. The van der Waals surface area contributed by atoms with Crippen molar-refractivity contribution in [3.63, 3.8) is 0 Å². The van der Waals surface area contributed by atoms with Gasteiger partial charge in [0.25, 0.3) is 9.05 Å². The van der Waals surface area contributed by atoms with E-state index in [4.69, 9.17) is 15.1 Å². The highest BCUT2D eigenvalue weighted by atomic mass is 35.7. The molecule has 2 aromatic rings. The summed E-state index contributed by atoms with van der Waals surface area (Å²) in [5.41, 5.74) is -0.157. The Balaban J connectivity index is 2.78. The maximum absolute atomic E-state index is 11.0. The van der Waals surface area contributed by atoms with Gasteiger partial charge in [0.1, 0.15) is 5.58 Å². The van der Waals surface area contributed by atoms with E-state index in [1.807, 2.05) is 0 Å². The summed E-state index contributed by atoms with van der Waals surface area (Å²) in [7, 11) is 1.42. The zero-order valence-electron chi connectivity index (χ0n) is 7.31. The lowest BCUT2D eigenvalue weighted by molar-refractivity contribution is 0.560. The fourth-order valence-electron chi connectivity index (χ4n) is 1.20. The third kappa shape index (κ3) is 2.03. The number of benzene rings is 1. The molecule has 0 atom stereocenters. The van der Waals surface area contributed by atoms with Gasteiger partial charge in [-0.3, -0.25) is 0 Å². The average molecular weight is 245 g/mol. The summed E-state index contributed by atoms with van der Waals surface area (Å²) in [6.07, 6.45) is 0. The Morgan fingerprint density at radius 2 is 1.87 bits per heavy atom. The SMILES string of the molecule is O=c1ccc2cc(S(=O)(=O)Cl)ccc2o1. The minimum absolute atomic E-state index is 0.0227. The lowest BCUT2D eigenvalue weighted by Crippen LogP contribution is -1.95. The Morgan fingerprint density at radius 1 is 1.13 bits per heavy atom.